The van der Waals surface area contributed by atoms with Crippen molar-refractivity contribution in [1.29, 1.82) is 0 Å². The Morgan fingerprint density at radius 2 is 2.36 bits per heavy atom. The van der Waals surface area contributed by atoms with Crippen molar-refractivity contribution in [1.82, 2.24) is 15.0 Å². The standard InChI is InChI=1S/C10H14N4/c1-7-13-9(2-4-11)10(14-7)8-3-5-12-6-8/h3,5-6,12H,2,4,11H2,1H3,(H,13,14). The molecule has 4 nitrogen and oxygen atoms in total. The van der Waals surface area contributed by atoms with Gasteiger partial charge in [0.05, 0.1) is 5.69 Å². The molecule has 2 aromatic rings. The number of H-pyrrole nitrogens is 2. The minimum Gasteiger partial charge on any atom is -0.367 e. The Bertz CT molecular complexity index is 400. The Hall–Kier alpha value is -1.55. The van der Waals surface area contributed by atoms with Gasteiger partial charge in [-0.05, 0) is 19.5 Å². The molecule has 2 heterocycles. The largest absolute Gasteiger partial charge is 0.367 e. The van der Waals surface area contributed by atoms with Gasteiger partial charge in [-0.2, -0.15) is 0 Å². The van der Waals surface area contributed by atoms with E-state index < -0.39 is 0 Å². The highest BCUT2D eigenvalue weighted by molar-refractivity contribution is 5.61. The molecule has 0 amide bonds. The van der Waals surface area contributed by atoms with Gasteiger partial charge in [-0.3, -0.25) is 0 Å². The first-order valence-electron chi connectivity index (χ1n) is 4.70. The zero-order valence-corrected chi connectivity index (χ0v) is 8.17. The van der Waals surface area contributed by atoms with E-state index in [-0.39, 0.29) is 0 Å². The van der Waals surface area contributed by atoms with Crippen LogP contribution in [0.1, 0.15) is 11.5 Å². The smallest absolute Gasteiger partial charge is 0.103 e. The van der Waals surface area contributed by atoms with Gasteiger partial charge < -0.3 is 15.7 Å². The minimum atomic E-state index is 0.638. The maximum absolute atomic E-state index is 5.54. The molecule has 4 heteroatoms. The van der Waals surface area contributed by atoms with Gasteiger partial charge in [-0.15, -0.1) is 0 Å². The van der Waals surface area contributed by atoms with Crippen molar-refractivity contribution in [2.24, 2.45) is 5.73 Å². The zero-order valence-electron chi connectivity index (χ0n) is 8.17. The summed E-state index contributed by atoms with van der Waals surface area (Å²) in [6.07, 6.45) is 4.67. The van der Waals surface area contributed by atoms with Gasteiger partial charge >= 0.3 is 0 Å². The second kappa shape index (κ2) is 3.67. The summed E-state index contributed by atoms with van der Waals surface area (Å²) in [5.74, 6) is 0.935. The third-order valence-corrected chi connectivity index (χ3v) is 2.16. The molecular formula is C10H14N4. The quantitative estimate of drug-likeness (QED) is 0.681. The van der Waals surface area contributed by atoms with Crippen LogP contribution in [0, 0.1) is 6.92 Å². The van der Waals surface area contributed by atoms with Crippen molar-refractivity contribution in [3.05, 3.63) is 30.0 Å². The normalized spacial score (nSPS) is 10.7. The van der Waals surface area contributed by atoms with Crippen molar-refractivity contribution in [2.45, 2.75) is 13.3 Å². The van der Waals surface area contributed by atoms with Gasteiger partial charge in [0.25, 0.3) is 0 Å². The molecular weight excluding hydrogens is 176 g/mol. The summed E-state index contributed by atoms with van der Waals surface area (Å²) in [7, 11) is 0. The summed E-state index contributed by atoms with van der Waals surface area (Å²) in [6, 6.07) is 2.01. The van der Waals surface area contributed by atoms with E-state index in [4.69, 9.17) is 5.73 Å². The highest BCUT2D eigenvalue weighted by Gasteiger charge is 2.09. The molecule has 0 aromatic carbocycles. The number of nitrogens with two attached hydrogens (primary N) is 1. The number of imidazole rings is 1. The fourth-order valence-corrected chi connectivity index (χ4v) is 1.58. The molecule has 14 heavy (non-hydrogen) atoms. The summed E-state index contributed by atoms with van der Waals surface area (Å²) in [6.45, 7) is 2.59. The second-order valence-corrected chi connectivity index (χ2v) is 3.29. The molecule has 0 radical (unpaired) electrons. The Balaban J connectivity index is 2.41. The number of hydrogen-bond acceptors (Lipinski definition) is 2. The van der Waals surface area contributed by atoms with Crippen LogP contribution in [-0.4, -0.2) is 21.5 Å². The Morgan fingerprint density at radius 1 is 1.50 bits per heavy atom. The van der Waals surface area contributed by atoms with Crippen LogP contribution < -0.4 is 5.73 Å². The molecule has 2 aromatic heterocycles. The average Bonchev–Trinajstić information content (AvgIpc) is 2.74. The first-order chi connectivity index (χ1) is 6.81. The molecule has 0 saturated heterocycles. The van der Waals surface area contributed by atoms with Gasteiger partial charge in [0.2, 0.25) is 0 Å². The lowest BCUT2D eigenvalue weighted by Gasteiger charge is -1.97. The van der Waals surface area contributed by atoms with E-state index in [0.717, 1.165) is 29.2 Å². The molecule has 0 atom stereocenters. The summed E-state index contributed by atoms with van der Waals surface area (Å²) in [5, 5.41) is 0. The number of hydrogen-bond donors (Lipinski definition) is 3. The van der Waals surface area contributed by atoms with Gasteiger partial charge in [-0.1, -0.05) is 0 Å². The summed E-state index contributed by atoms with van der Waals surface area (Å²) < 4.78 is 0. The number of rotatable bonds is 3. The second-order valence-electron chi connectivity index (χ2n) is 3.29. The van der Waals surface area contributed by atoms with Gasteiger partial charge in [-0.25, -0.2) is 4.98 Å². The predicted octanol–water partition coefficient (Wildman–Crippen LogP) is 1.21. The van der Waals surface area contributed by atoms with Crippen LogP contribution >= 0.6 is 0 Å². The Kier molecular flexibility index (Phi) is 2.37. The third kappa shape index (κ3) is 1.56. The molecule has 0 aliphatic rings. The number of aryl methyl sites for hydroxylation is 1. The van der Waals surface area contributed by atoms with Crippen LogP contribution in [0.5, 0.6) is 0 Å². The van der Waals surface area contributed by atoms with Crippen molar-refractivity contribution >= 4 is 0 Å². The van der Waals surface area contributed by atoms with Crippen LogP contribution in [-0.2, 0) is 6.42 Å². The highest BCUT2D eigenvalue weighted by atomic mass is 14.9. The van der Waals surface area contributed by atoms with Gasteiger partial charge in [0, 0.05) is 30.1 Å². The number of aromatic amines is 2. The summed E-state index contributed by atoms with van der Waals surface area (Å²) in [4.78, 5) is 10.7. The van der Waals surface area contributed by atoms with E-state index >= 15 is 0 Å². The first-order valence-corrected chi connectivity index (χ1v) is 4.70. The van der Waals surface area contributed by atoms with Crippen molar-refractivity contribution in [2.75, 3.05) is 6.54 Å². The molecule has 0 bridgehead atoms. The molecule has 4 N–H and O–H groups in total. The molecule has 74 valence electrons. The lowest BCUT2D eigenvalue weighted by molar-refractivity contribution is 0.930. The Morgan fingerprint density at radius 3 is 3.00 bits per heavy atom. The van der Waals surface area contributed by atoms with E-state index in [0.29, 0.717) is 6.54 Å². The van der Waals surface area contributed by atoms with E-state index in [1.807, 2.05) is 25.4 Å². The van der Waals surface area contributed by atoms with Crippen LogP contribution in [0.15, 0.2) is 18.5 Å². The van der Waals surface area contributed by atoms with Crippen LogP contribution in [0.2, 0.25) is 0 Å². The SMILES string of the molecule is Cc1nc(-c2cc[nH]c2)c(CCN)[nH]1. The molecule has 2 rings (SSSR count). The zero-order chi connectivity index (χ0) is 9.97. The number of nitrogens with one attached hydrogen (secondary N) is 2. The molecule has 0 saturated carbocycles. The number of aromatic nitrogens is 3. The summed E-state index contributed by atoms with van der Waals surface area (Å²) >= 11 is 0. The molecule has 0 unspecified atom stereocenters. The van der Waals surface area contributed by atoms with E-state index in [2.05, 4.69) is 15.0 Å². The van der Waals surface area contributed by atoms with Crippen molar-refractivity contribution in [3.8, 4) is 11.3 Å². The fraction of sp³-hybridized carbons (Fsp3) is 0.300. The molecule has 0 aliphatic heterocycles. The van der Waals surface area contributed by atoms with Crippen molar-refractivity contribution in [3.63, 3.8) is 0 Å². The van der Waals surface area contributed by atoms with Crippen molar-refractivity contribution < 1.29 is 0 Å². The minimum absolute atomic E-state index is 0.638. The summed E-state index contributed by atoms with van der Waals surface area (Å²) in [5.41, 5.74) is 8.77. The van der Waals surface area contributed by atoms with Gasteiger partial charge in [0.15, 0.2) is 0 Å². The maximum Gasteiger partial charge on any atom is 0.103 e. The number of nitrogens with zero attached hydrogens (tertiary/aromatic N) is 1. The lowest BCUT2D eigenvalue weighted by Crippen LogP contribution is -2.03. The van der Waals surface area contributed by atoms with Gasteiger partial charge in [0.1, 0.15) is 5.82 Å². The fourth-order valence-electron chi connectivity index (χ4n) is 1.58. The molecule has 0 fully saturated rings. The lowest BCUT2D eigenvalue weighted by atomic mass is 10.1. The molecule has 0 spiro atoms. The van der Waals surface area contributed by atoms with E-state index in [1.54, 1.807) is 0 Å². The van der Waals surface area contributed by atoms with Crippen LogP contribution in [0.4, 0.5) is 0 Å². The topological polar surface area (TPSA) is 70.5 Å². The Labute approximate surface area is 82.6 Å². The third-order valence-electron chi connectivity index (χ3n) is 2.16. The van der Waals surface area contributed by atoms with Crippen LogP contribution in [0.3, 0.4) is 0 Å². The predicted molar refractivity (Wildman–Crippen MR) is 55.9 cm³/mol. The maximum atomic E-state index is 5.54. The van der Waals surface area contributed by atoms with E-state index in [9.17, 15) is 0 Å². The monoisotopic (exact) mass is 190 g/mol. The first kappa shape index (κ1) is 9.02. The van der Waals surface area contributed by atoms with Crippen LogP contribution in [0.25, 0.3) is 11.3 Å². The average molecular weight is 190 g/mol. The van der Waals surface area contributed by atoms with E-state index in [1.165, 1.54) is 0 Å². The highest BCUT2D eigenvalue weighted by Crippen LogP contribution is 2.20. The molecule has 0 aliphatic carbocycles.